The van der Waals surface area contributed by atoms with Crippen LogP contribution in [-0.2, 0) is 16.6 Å². The van der Waals surface area contributed by atoms with Gasteiger partial charge < -0.3 is 15.2 Å². The van der Waals surface area contributed by atoms with E-state index in [0.717, 1.165) is 0 Å². The fourth-order valence-electron chi connectivity index (χ4n) is 3.00. The Hall–Kier alpha value is -3.71. The molecule has 4 N–H and O–H groups in total. The van der Waals surface area contributed by atoms with Gasteiger partial charge in [0, 0.05) is 18.9 Å². The number of anilines is 2. The Labute approximate surface area is 186 Å². The summed E-state index contributed by atoms with van der Waals surface area (Å²) in [6.07, 6.45) is -0.933. The van der Waals surface area contributed by atoms with E-state index in [1.54, 1.807) is 53.4 Å². The van der Waals surface area contributed by atoms with E-state index in [4.69, 9.17) is 5.14 Å². The van der Waals surface area contributed by atoms with Gasteiger partial charge in [-0.05, 0) is 42.0 Å². The molecule has 0 saturated heterocycles. The summed E-state index contributed by atoms with van der Waals surface area (Å²) in [5.41, 5.74) is 1.23. The Morgan fingerprint density at radius 3 is 2.27 bits per heavy atom. The third-order valence-corrected chi connectivity index (χ3v) is 5.48. The SMILES string of the molecule is NS(=O)(=O)c1ccc(CNc2nc(NCC(F)(F)F)c3nc(-n4cccc4)ccc3n2)cc1. The lowest BCUT2D eigenvalue weighted by atomic mass is 10.2. The number of hydrogen-bond acceptors (Lipinski definition) is 7. The number of benzene rings is 1. The van der Waals surface area contributed by atoms with Crippen molar-refractivity contribution in [1.29, 1.82) is 0 Å². The van der Waals surface area contributed by atoms with Crippen LogP contribution in [0.2, 0.25) is 0 Å². The van der Waals surface area contributed by atoms with E-state index in [-0.39, 0.29) is 28.7 Å². The van der Waals surface area contributed by atoms with Gasteiger partial charge in [0.15, 0.2) is 5.82 Å². The van der Waals surface area contributed by atoms with E-state index in [0.29, 0.717) is 16.9 Å². The van der Waals surface area contributed by atoms with Gasteiger partial charge in [0.1, 0.15) is 17.9 Å². The molecule has 13 heteroatoms. The lowest BCUT2D eigenvalue weighted by Crippen LogP contribution is -2.22. The monoisotopic (exact) mass is 477 g/mol. The summed E-state index contributed by atoms with van der Waals surface area (Å²) in [6.45, 7) is -1.09. The van der Waals surface area contributed by atoms with Crippen molar-refractivity contribution in [3.63, 3.8) is 0 Å². The topological polar surface area (TPSA) is 128 Å². The largest absolute Gasteiger partial charge is 0.405 e. The zero-order valence-corrected chi connectivity index (χ0v) is 17.7. The highest BCUT2D eigenvalue weighted by molar-refractivity contribution is 7.89. The van der Waals surface area contributed by atoms with Crippen LogP contribution in [0.15, 0.2) is 65.8 Å². The number of nitrogens with one attached hydrogen (secondary N) is 2. The van der Waals surface area contributed by atoms with Crippen molar-refractivity contribution in [3.8, 4) is 5.82 Å². The zero-order chi connectivity index (χ0) is 23.6. The highest BCUT2D eigenvalue weighted by atomic mass is 32.2. The fraction of sp³-hybridized carbons (Fsp3) is 0.150. The Morgan fingerprint density at radius 2 is 1.64 bits per heavy atom. The molecule has 1 aromatic carbocycles. The van der Waals surface area contributed by atoms with Gasteiger partial charge in [-0.1, -0.05) is 12.1 Å². The third kappa shape index (κ3) is 5.56. The van der Waals surface area contributed by atoms with E-state index in [9.17, 15) is 21.6 Å². The molecule has 172 valence electrons. The first-order chi connectivity index (χ1) is 15.6. The van der Waals surface area contributed by atoms with Gasteiger partial charge in [0.25, 0.3) is 0 Å². The number of pyridine rings is 1. The second-order valence-electron chi connectivity index (χ2n) is 7.03. The highest BCUT2D eigenvalue weighted by Gasteiger charge is 2.27. The number of hydrogen-bond donors (Lipinski definition) is 3. The summed E-state index contributed by atoms with van der Waals surface area (Å²) in [7, 11) is -3.81. The summed E-state index contributed by atoms with van der Waals surface area (Å²) < 4.78 is 62.9. The Morgan fingerprint density at radius 1 is 0.939 bits per heavy atom. The van der Waals surface area contributed by atoms with E-state index in [1.165, 1.54) is 12.1 Å². The maximum absolute atomic E-state index is 12.8. The van der Waals surface area contributed by atoms with Crippen molar-refractivity contribution in [1.82, 2.24) is 19.5 Å². The van der Waals surface area contributed by atoms with Gasteiger partial charge in [-0.25, -0.2) is 23.5 Å². The zero-order valence-electron chi connectivity index (χ0n) is 16.9. The molecular formula is C20H18F3N7O2S. The number of rotatable bonds is 7. The quantitative estimate of drug-likeness (QED) is 0.373. The molecule has 0 amide bonds. The predicted molar refractivity (Wildman–Crippen MR) is 116 cm³/mol. The minimum Gasteiger partial charge on any atom is -0.359 e. The average Bonchev–Trinajstić information content (AvgIpc) is 3.30. The molecular weight excluding hydrogens is 459 g/mol. The molecule has 9 nitrogen and oxygen atoms in total. The first kappa shape index (κ1) is 22.5. The van der Waals surface area contributed by atoms with Crippen molar-refractivity contribution in [3.05, 3.63) is 66.5 Å². The van der Waals surface area contributed by atoms with Crippen LogP contribution in [0.1, 0.15) is 5.56 Å². The van der Waals surface area contributed by atoms with Crippen molar-refractivity contribution < 1.29 is 21.6 Å². The number of primary sulfonamides is 1. The van der Waals surface area contributed by atoms with Crippen LogP contribution in [0.4, 0.5) is 24.9 Å². The average molecular weight is 477 g/mol. The van der Waals surface area contributed by atoms with Gasteiger partial charge in [0.2, 0.25) is 16.0 Å². The van der Waals surface area contributed by atoms with Crippen molar-refractivity contribution in [2.24, 2.45) is 5.14 Å². The lowest BCUT2D eigenvalue weighted by Gasteiger charge is -2.14. The van der Waals surface area contributed by atoms with Gasteiger partial charge in [-0.2, -0.15) is 18.2 Å². The van der Waals surface area contributed by atoms with Crippen LogP contribution in [0.25, 0.3) is 16.9 Å². The van der Waals surface area contributed by atoms with Gasteiger partial charge in [-0.3, -0.25) is 0 Å². The number of alkyl halides is 3. The van der Waals surface area contributed by atoms with E-state index in [1.807, 2.05) is 0 Å². The molecule has 0 aliphatic carbocycles. The van der Waals surface area contributed by atoms with Crippen LogP contribution in [0, 0.1) is 0 Å². The molecule has 4 aromatic rings. The molecule has 0 bridgehead atoms. The minimum atomic E-state index is -4.45. The van der Waals surface area contributed by atoms with Crippen molar-refractivity contribution in [2.75, 3.05) is 17.2 Å². The smallest absolute Gasteiger partial charge is 0.359 e. The van der Waals surface area contributed by atoms with Crippen LogP contribution in [-0.4, -0.2) is 40.7 Å². The number of halogens is 3. The normalized spacial score (nSPS) is 12.1. The molecule has 0 atom stereocenters. The van der Waals surface area contributed by atoms with Crippen molar-refractivity contribution in [2.45, 2.75) is 17.6 Å². The molecule has 0 radical (unpaired) electrons. The number of aromatic nitrogens is 4. The van der Waals surface area contributed by atoms with Crippen LogP contribution >= 0.6 is 0 Å². The first-order valence-electron chi connectivity index (χ1n) is 9.57. The molecule has 33 heavy (non-hydrogen) atoms. The fourth-order valence-corrected chi connectivity index (χ4v) is 3.51. The molecule has 0 spiro atoms. The summed E-state index contributed by atoms with van der Waals surface area (Å²) in [6, 6.07) is 12.8. The standard InChI is InChI=1S/C20H18F3N7O2S/c21-20(22,23)12-26-18-17-15(7-8-16(28-17)30-9-1-2-10-30)27-19(29-18)25-11-13-3-5-14(6-4-13)33(24,31)32/h1-10H,11-12H2,(H2,24,31,32)(H2,25,26,27,29). The van der Waals surface area contributed by atoms with Crippen molar-refractivity contribution >= 4 is 32.8 Å². The maximum atomic E-state index is 12.8. The van der Waals surface area contributed by atoms with Gasteiger partial charge in [-0.15, -0.1) is 0 Å². The van der Waals surface area contributed by atoms with Gasteiger partial charge >= 0.3 is 6.18 Å². The molecule has 0 aliphatic rings. The molecule has 0 unspecified atom stereocenters. The highest BCUT2D eigenvalue weighted by Crippen LogP contribution is 2.24. The number of sulfonamides is 1. The summed E-state index contributed by atoms with van der Waals surface area (Å²) in [5, 5.41) is 10.3. The third-order valence-electron chi connectivity index (χ3n) is 4.56. The van der Waals surface area contributed by atoms with Gasteiger partial charge in [0.05, 0.1) is 10.4 Å². The Bertz CT molecular complexity index is 1370. The molecule has 3 aromatic heterocycles. The van der Waals surface area contributed by atoms with Crippen LogP contribution < -0.4 is 15.8 Å². The molecule has 0 fully saturated rings. The van der Waals surface area contributed by atoms with E-state index in [2.05, 4.69) is 25.6 Å². The molecule has 0 saturated carbocycles. The predicted octanol–water partition coefficient (Wildman–Crippen LogP) is 3.05. The lowest BCUT2D eigenvalue weighted by molar-refractivity contribution is -0.115. The number of nitrogens with zero attached hydrogens (tertiary/aromatic N) is 4. The summed E-state index contributed by atoms with van der Waals surface area (Å²) in [5.74, 6) is 0.512. The Balaban J connectivity index is 1.63. The van der Waals surface area contributed by atoms with E-state index < -0.39 is 22.7 Å². The number of fused-ring (bicyclic) bond motifs is 1. The van der Waals surface area contributed by atoms with Crippen LogP contribution in [0.5, 0.6) is 0 Å². The van der Waals surface area contributed by atoms with Crippen LogP contribution in [0.3, 0.4) is 0 Å². The second-order valence-corrected chi connectivity index (χ2v) is 8.60. The minimum absolute atomic E-state index is 0.0311. The Kier molecular flexibility index (Phi) is 5.91. The maximum Gasteiger partial charge on any atom is 0.405 e. The molecule has 3 heterocycles. The number of nitrogens with two attached hydrogens (primary N) is 1. The molecule has 0 aliphatic heterocycles. The summed E-state index contributed by atoms with van der Waals surface area (Å²) in [4.78, 5) is 12.9. The van der Waals surface area contributed by atoms with E-state index >= 15 is 0 Å². The first-order valence-corrected chi connectivity index (χ1v) is 11.1. The summed E-state index contributed by atoms with van der Waals surface area (Å²) >= 11 is 0. The second kappa shape index (κ2) is 8.67. The molecule has 4 rings (SSSR count).